The summed E-state index contributed by atoms with van der Waals surface area (Å²) in [7, 11) is -3.77. The second-order valence-electron chi connectivity index (χ2n) is 5.55. The zero-order chi connectivity index (χ0) is 17.7. The SMILES string of the molecule is O=C(Cc1ccccc1S(=O)(=O)Nc1ccccc1)c1ccccc1. The molecule has 0 heterocycles. The standard InChI is InChI=1S/C20H17NO3S/c22-19(16-9-3-1-4-10-16)15-17-11-7-8-14-20(17)25(23,24)21-18-12-5-2-6-13-18/h1-14,21H,15H2. The second-order valence-corrected chi connectivity index (χ2v) is 7.20. The fourth-order valence-electron chi connectivity index (χ4n) is 2.53. The van der Waals surface area contributed by atoms with Gasteiger partial charge in [-0.05, 0) is 23.8 Å². The first-order valence-electron chi connectivity index (χ1n) is 7.80. The molecule has 0 aliphatic heterocycles. The van der Waals surface area contributed by atoms with E-state index >= 15 is 0 Å². The lowest BCUT2D eigenvalue weighted by Crippen LogP contribution is -2.16. The number of hydrogen-bond acceptors (Lipinski definition) is 3. The number of ketones is 1. The average molecular weight is 351 g/mol. The number of anilines is 1. The first-order chi connectivity index (χ1) is 12.1. The maximum Gasteiger partial charge on any atom is 0.262 e. The van der Waals surface area contributed by atoms with Crippen molar-refractivity contribution in [2.75, 3.05) is 4.72 Å². The number of nitrogens with one attached hydrogen (secondary N) is 1. The number of carbonyl (C=O) groups is 1. The monoisotopic (exact) mass is 351 g/mol. The molecule has 0 saturated heterocycles. The van der Waals surface area contributed by atoms with Crippen LogP contribution in [0, 0.1) is 0 Å². The molecule has 0 spiro atoms. The van der Waals surface area contributed by atoms with Crippen LogP contribution in [-0.2, 0) is 16.4 Å². The van der Waals surface area contributed by atoms with E-state index in [9.17, 15) is 13.2 Å². The van der Waals surface area contributed by atoms with Crippen LogP contribution in [0.25, 0.3) is 0 Å². The Balaban J connectivity index is 1.89. The third kappa shape index (κ3) is 4.14. The molecule has 0 aliphatic rings. The molecular formula is C20H17NO3S. The molecule has 0 saturated carbocycles. The van der Waals surface area contributed by atoms with Crippen molar-refractivity contribution in [1.29, 1.82) is 0 Å². The van der Waals surface area contributed by atoms with E-state index in [-0.39, 0.29) is 17.1 Å². The third-order valence-electron chi connectivity index (χ3n) is 3.73. The van der Waals surface area contributed by atoms with Crippen LogP contribution >= 0.6 is 0 Å². The van der Waals surface area contributed by atoms with Crippen LogP contribution in [0.2, 0.25) is 0 Å². The first kappa shape index (κ1) is 16.9. The van der Waals surface area contributed by atoms with Gasteiger partial charge in [0.15, 0.2) is 5.78 Å². The van der Waals surface area contributed by atoms with E-state index in [1.807, 2.05) is 12.1 Å². The van der Waals surface area contributed by atoms with E-state index in [0.717, 1.165) is 0 Å². The Morgan fingerprint density at radius 2 is 1.32 bits per heavy atom. The molecule has 0 amide bonds. The van der Waals surface area contributed by atoms with Gasteiger partial charge in [-0.1, -0.05) is 66.7 Å². The lowest BCUT2D eigenvalue weighted by molar-refractivity contribution is 0.0992. The highest BCUT2D eigenvalue weighted by atomic mass is 32.2. The molecule has 0 bridgehead atoms. The van der Waals surface area contributed by atoms with Crippen molar-refractivity contribution >= 4 is 21.5 Å². The Morgan fingerprint density at radius 3 is 2.00 bits per heavy atom. The third-order valence-corrected chi connectivity index (χ3v) is 5.22. The summed E-state index contributed by atoms with van der Waals surface area (Å²) in [6.07, 6.45) is 0.0237. The lowest BCUT2D eigenvalue weighted by Gasteiger charge is -2.12. The molecule has 4 nitrogen and oxygen atoms in total. The Kier molecular flexibility index (Phi) is 4.95. The van der Waals surface area contributed by atoms with E-state index in [1.54, 1.807) is 66.7 Å². The Morgan fingerprint density at radius 1 is 0.760 bits per heavy atom. The summed E-state index contributed by atoms with van der Waals surface area (Å²) in [6.45, 7) is 0. The van der Waals surface area contributed by atoms with Gasteiger partial charge in [0.2, 0.25) is 0 Å². The molecule has 0 unspecified atom stereocenters. The highest BCUT2D eigenvalue weighted by Crippen LogP contribution is 2.21. The Hall–Kier alpha value is -2.92. The van der Waals surface area contributed by atoms with Gasteiger partial charge >= 0.3 is 0 Å². The molecule has 5 heteroatoms. The topological polar surface area (TPSA) is 63.2 Å². The maximum absolute atomic E-state index is 12.7. The number of sulfonamides is 1. The predicted molar refractivity (Wildman–Crippen MR) is 98.2 cm³/mol. The normalized spacial score (nSPS) is 11.0. The van der Waals surface area contributed by atoms with Crippen molar-refractivity contribution in [1.82, 2.24) is 0 Å². The average Bonchev–Trinajstić information content (AvgIpc) is 2.63. The summed E-state index contributed by atoms with van der Waals surface area (Å²) in [5.41, 5.74) is 1.51. The molecule has 0 fully saturated rings. The van der Waals surface area contributed by atoms with Crippen LogP contribution in [0.3, 0.4) is 0 Å². The van der Waals surface area contributed by atoms with Crippen molar-refractivity contribution in [3.63, 3.8) is 0 Å². The minimum absolute atomic E-state index is 0.0237. The number of carbonyl (C=O) groups excluding carboxylic acids is 1. The number of benzene rings is 3. The fourth-order valence-corrected chi connectivity index (χ4v) is 3.83. The molecule has 0 aliphatic carbocycles. The van der Waals surface area contributed by atoms with Crippen LogP contribution in [0.5, 0.6) is 0 Å². The van der Waals surface area contributed by atoms with Crippen molar-refractivity contribution in [2.45, 2.75) is 11.3 Å². The molecule has 3 aromatic rings. The summed E-state index contributed by atoms with van der Waals surface area (Å²) >= 11 is 0. The zero-order valence-electron chi connectivity index (χ0n) is 13.4. The first-order valence-corrected chi connectivity index (χ1v) is 9.28. The van der Waals surface area contributed by atoms with Crippen LogP contribution in [0.15, 0.2) is 89.8 Å². The van der Waals surface area contributed by atoms with Gasteiger partial charge in [-0.15, -0.1) is 0 Å². The van der Waals surface area contributed by atoms with E-state index in [0.29, 0.717) is 16.8 Å². The smallest absolute Gasteiger partial charge is 0.262 e. The number of rotatable bonds is 6. The van der Waals surface area contributed by atoms with Crippen LogP contribution in [-0.4, -0.2) is 14.2 Å². The summed E-state index contributed by atoms with van der Waals surface area (Å²) in [6, 6.07) is 24.1. The zero-order valence-corrected chi connectivity index (χ0v) is 14.2. The van der Waals surface area contributed by atoms with E-state index < -0.39 is 10.0 Å². The van der Waals surface area contributed by atoms with Crippen LogP contribution in [0.4, 0.5) is 5.69 Å². The van der Waals surface area contributed by atoms with E-state index in [4.69, 9.17) is 0 Å². The molecule has 1 N–H and O–H groups in total. The van der Waals surface area contributed by atoms with Gasteiger partial charge in [0.25, 0.3) is 10.0 Å². The molecule has 3 aromatic carbocycles. The molecule has 0 aromatic heterocycles. The largest absolute Gasteiger partial charge is 0.294 e. The lowest BCUT2D eigenvalue weighted by atomic mass is 10.0. The van der Waals surface area contributed by atoms with E-state index in [1.165, 1.54) is 6.07 Å². The van der Waals surface area contributed by atoms with Crippen molar-refractivity contribution < 1.29 is 13.2 Å². The van der Waals surface area contributed by atoms with Gasteiger partial charge in [0.05, 0.1) is 4.90 Å². The number of Topliss-reactive ketones (excluding diaryl/α,β-unsaturated/α-hetero) is 1. The Labute approximate surface area is 147 Å². The van der Waals surface area contributed by atoms with Crippen LogP contribution < -0.4 is 4.72 Å². The van der Waals surface area contributed by atoms with Gasteiger partial charge in [-0.2, -0.15) is 0 Å². The van der Waals surface area contributed by atoms with Gasteiger partial charge in [0, 0.05) is 17.7 Å². The fraction of sp³-hybridized carbons (Fsp3) is 0.0500. The van der Waals surface area contributed by atoms with Crippen molar-refractivity contribution in [3.05, 3.63) is 96.1 Å². The molecule has 3 rings (SSSR count). The van der Waals surface area contributed by atoms with Gasteiger partial charge in [-0.25, -0.2) is 8.42 Å². The van der Waals surface area contributed by atoms with Gasteiger partial charge in [0.1, 0.15) is 0 Å². The van der Waals surface area contributed by atoms with Crippen molar-refractivity contribution in [2.24, 2.45) is 0 Å². The molecule has 0 atom stereocenters. The summed E-state index contributed by atoms with van der Waals surface area (Å²) in [4.78, 5) is 12.6. The minimum Gasteiger partial charge on any atom is -0.294 e. The Bertz CT molecular complexity index is 968. The maximum atomic E-state index is 12.7. The molecule has 0 radical (unpaired) electrons. The van der Waals surface area contributed by atoms with Crippen molar-refractivity contribution in [3.8, 4) is 0 Å². The molecular weight excluding hydrogens is 334 g/mol. The minimum atomic E-state index is -3.77. The van der Waals surface area contributed by atoms with Gasteiger partial charge in [-0.3, -0.25) is 9.52 Å². The molecule has 126 valence electrons. The quantitative estimate of drug-likeness (QED) is 0.685. The summed E-state index contributed by atoms with van der Waals surface area (Å²) < 4.78 is 28.0. The highest BCUT2D eigenvalue weighted by Gasteiger charge is 2.20. The van der Waals surface area contributed by atoms with E-state index in [2.05, 4.69) is 4.72 Å². The second kappa shape index (κ2) is 7.32. The van der Waals surface area contributed by atoms with Gasteiger partial charge < -0.3 is 0 Å². The summed E-state index contributed by atoms with van der Waals surface area (Å²) in [5.74, 6) is -0.122. The van der Waals surface area contributed by atoms with Crippen LogP contribution in [0.1, 0.15) is 15.9 Å². The number of hydrogen-bond donors (Lipinski definition) is 1. The highest BCUT2D eigenvalue weighted by molar-refractivity contribution is 7.92. The predicted octanol–water partition coefficient (Wildman–Crippen LogP) is 3.91. The summed E-state index contributed by atoms with van der Waals surface area (Å²) in [5, 5.41) is 0. The molecule has 25 heavy (non-hydrogen) atoms. The number of para-hydroxylation sites is 1.